The number of hydrogen-bond donors (Lipinski definition) is 0. The molecule has 0 amide bonds. The number of anilines is 1. The van der Waals surface area contributed by atoms with Crippen LogP contribution in [0.2, 0.25) is 0 Å². The van der Waals surface area contributed by atoms with Gasteiger partial charge in [0.05, 0.1) is 24.1 Å². The standard InChI is InChI=1S/C15H15F3IN3O/c1-9-7-22(8-10(5-19)23-9)12-6-21-14(15(16,17)18)13-11(12)3-2-4-20-13/h2-4,6,9-10H,5,7-8H2,1H3/t9-,10+/m1/s1. The van der Waals surface area contributed by atoms with E-state index in [9.17, 15) is 13.2 Å². The molecule has 124 valence electrons. The number of fused-ring (bicyclic) bond motifs is 1. The van der Waals surface area contributed by atoms with Crippen molar-refractivity contribution >= 4 is 39.2 Å². The molecular weight excluding hydrogens is 422 g/mol. The van der Waals surface area contributed by atoms with Crippen molar-refractivity contribution in [3.8, 4) is 0 Å². The average Bonchev–Trinajstić information content (AvgIpc) is 2.52. The molecule has 1 aliphatic heterocycles. The topological polar surface area (TPSA) is 38.2 Å². The van der Waals surface area contributed by atoms with E-state index in [2.05, 4.69) is 32.6 Å². The van der Waals surface area contributed by atoms with E-state index in [-0.39, 0.29) is 17.7 Å². The van der Waals surface area contributed by atoms with Gasteiger partial charge in [-0.1, -0.05) is 22.6 Å². The van der Waals surface area contributed by atoms with Gasteiger partial charge >= 0.3 is 6.18 Å². The van der Waals surface area contributed by atoms with E-state index in [0.717, 1.165) is 4.43 Å². The van der Waals surface area contributed by atoms with Crippen LogP contribution in [0, 0.1) is 0 Å². The summed E-state index contributed by atoms with van der Waals surface area (Å²) in [6, 6.07) is 3.31. The number of aromatic nitrogens is 2. The van der Waals surface area contributed by atoms with Gasteiger partial charge in [-0.2, -0.15) is 13.2 Å². The molecule has 2 aromatic rings. The number of ether oxygens (including phenoxy) is 1. The Balaban J connectivity index is 2.09. The van der Waals surface area contributed by atoms with Crippen molar-refractivity contribution in [1.29, 1.82) is 0 Å². The van der Waals surface area contributed by atoms with E-state index in [0.29, 0.717) is 24.2 Å². The predicted octanol–water partition coefficient (Wildman–Crippen LogP) is 3.68. The van der Waals surface area contributed by atoms with E-state index >= 15 is 0 Å². The fourth-order valence-corrected chi connectivity index (χ4v) is 3.33. The first kappa shape index (κ1) is 16.7. The molecule has 0 aromatic carbocycles. The van der Waals surface area contributed by atoms with Crippen LogP contribution in [-0.2, 0) is 10.9 Å². The van der Waals surface area contributed by atoms with Gasteiger partial charge in [-0.25, -0.2) is 4.98 Å². The number of halogens is 4. The zero-order valence-electron chi connectivity index (χ0n) is 12.3. The van der Waals surface area contributed by atoms with Crippen molar-refractivity contribution in [2.45, 2.75) is 25.3 Å². The van der Waals surface area contributed by atoms with E-state index in [4.69, 9.17) is 4.74 Å². The second-order valence-corrected chi connectivity index (χ2v) is 6.40. The van der Waals surface area contributed by atoms with Crippen LogP contribution in [-0.4, -0.2) is 39.7 Å². The summed E-state index contributed by atoms with van der Waals surface area (Å²) in [5.41, 5.74) is -0.377. The van der Waals surface area contributed by atoms with Crippen molar-refractivity contribution < 1.29 is 17.9 Å². The lowest BCUT2D eigenvalue weighted by Gasteiger charge is -2.38. The fraction of sp³-hybridized carbons (Fsp3) is 0.467. The van der Waals surface area contributed by atoms with E-state index in [1.54, 1.807) is 12.1 Å². The van der Waals surface area contributed by atoms with Crippen LogP contribution in [0.15, 0.2) is 24.5 Å². The highest BCUT2D eigenvalue weighted by molar-refractivity contribution is 14.1. The third-order valence-corrected chi connectivity index (χ3v) is 4.71. The summed E-state index contributed by atoms with van der Waals surface area (Å²) in [5, 5.41) is 0.469. The molecule has 1 aliphatic rings. The lowest BCUT2D eigenvalue weighted by molar-refractivity contribution is -0.139. The molecule has 23 heavy (non-hydrogen) atoms. The molecule has 0 radical (unpaired) electrons. The Morgan fingerprint density at radius 1 is 1.35 bits per heavy atom. The van der Waals surface area contributed by atoms with E-state index in [1.807, 2.05) is 11.8 Å². The van der Waals surface area contributed by atoms with Gasteiger partial charge in [0.2, 0.25) is 0 Å². The Morgan fingerprint density at radius 2 is 2.13 bits per heavy atom. The van der Waals surface area contributed by atoms with Crippen LogP contribution < -0.4 is 4.90 Å². The molecule has 3 heterocycles. The van der Waals surface area contributed by atoms with Gasteiger partial charge < -0.3 is 9.64 Å². The number of nitrogens with zero attached hydrogens (tertiary/aromatic N) is 3. The lowest BCUT2D eigenvalue weighted by atomic mass is 10.1. The molecule has 1 fully saturated rings. The Morgan fingerprint density at radius 3 is 2.83 bits per heavy atom. The molecule has 3 rings (SSSR count). The highest BCUT2D eigenvalue weighted by Crippen LogP contribution is 2.36. The zero-order valence-corrected chi connectivity index (χ0v) is 14.5. The zero-order chi connectivity index (χ0) is 16.6. The molecular formula is C15H15F3IN3O. The number of rotatable bonds is 2. The van der Waals surface area contributed by atoms with Gasteiger partial charge in [0.25, 0.3) is 0 Å². The molecule has 2 atom stereocenters. The van der Waals surface area contributed by atoms with Gasteiger partial charge in [0, 0.05) is 29.1 Å². The summed E-state index contributed by atoms with van der Waals surface area (Å²) < 4.78 is 46.0. The third kappa shape index (κ3) is 3.37. The summed E-state index contributed by atoms with van der Waals surface area (Å²) in [7, 11) is 0. The van der Waals surface area contributed by atoms with Gasteiger partial charge in [-0.3, -0.25) is 4.98 Å². The van der Waals surface area contributed by atoms with Crippen LogP contribution in [0.25, 0.3) is 10.9 Å². The molecule has 0 N–H and O–H groups in total. The number of hydrogen-bond acceptors (Lipinski definition) is 4. The largest absolute Gasteiger partial charge is 0.435 e. The SMILES string of the molecule is C[C@@H]1CN(c2cnc(C(F)(F)F)c3ncccc23)C[C@H](CI)O1. The maximum atomic E-state index is 13.1. The van der Waals surface area contributed by atoms with Gasteiger partial charge in [-0.05, 0) is 19.1 Å². The predicted molar refractivity (Wildman–Crippen MR) is 90.0 cm³/mol. The van der Waals surface area contributed by atoms with Crippen molar-refractivity contribution in [3.05, 3.63) is 30.2 Å². The monoisotopic (exact) mass is 437 g/mol. The molecule has 4 nitrogen and oxygen atoms in total. The molecule has 2 aromatic heterocycles. The highest BCUT2D eigenvalue weighted by Gasteiger charge is 2.36. The van der Waals surface area contributed by atoms with Crippen molar-refractivity contribution in [3.63, 3.8) is 0 Å². The molecule has 0 aliphatic carbocycles. The first-order chi connectivity index (χ1) is 10.9. The third-order valence-electron chi connectivity index (χ3n) is 3.73. The normalized spacial score (nSPS) is 22.6. The van der Waals surface area contributed by atoms with Gasteiger partial charge in [0.15, 0.2) is 5.69 Å². The lowest BCUT2D eigenvalue weighted by Crippen LogP contribution is -2.47. The van der Waals surface area contributed by atoms with E-state index in [1.165, 1.54) is 12.4 Å². The summed E-state index contributed by atoms with van der Waals surface area (Å²) in [4.78, 5) is 9.61. The number of alkyl halides is 4. The van der Waals surface area contributed by atoms with Gasteiger partial charge in [-0.15, -0.1) is 0 Å². The molecule has 8 heteroatoms. The Bertz CT molecular complexity index is 710. The maximum Gasteiger partial charge on any atom is 0.435 e. The first-order valence-corrected chi connectivity index (χ1v) is 8.70. The minimum Gasteiger partial charge on any atom is -0.371 e. The highest BCUT2D eigenvalue weighted by atomic mass is 127. The van der Waals surface area contributed by atoms with Crippen LogP contribution >= 0.6 is 22.6 Å². The van der Waals surface area contributed by atoms with Crippen molar-refractivity contribution in [2.75, 3.05) is 22.4 Å². The van der Waals surface area contributed by atoms with Crippen LogP contribution in [0.5, 0.6) is 0 Å². The minimum atomic E-state index is -4.52. The van der Waals surface area contributed by atoms with Crippen LogP contribution in [0.3, 0.4) is 0 Å². The second-order valence-electron chi connectivity index (χ2n) is 5.52. The molecule has 0 saturated carbocycles. The molecule has 0 spiro atoms. The smallest absolute Gasteiger partial charge is 0.371 e. The maximum absolute atomic E-state index is 13.1. The van der Waals surface area contributed by atoms with E-state index < -0.39 is 11.9 Å². The second kappa shape index (κ2) is 6.39. The summed E-state index contributed by atoms with van der Waals surface area (Å²) >= 11 is 2.25. The summed E-state index contributed by atoms with van der Waals surface area (Å²) in [5.74, 6) is 0. The van der Waals surface area contributed by atoms with Crippen LogP contribution in [0.4, 0.5) is 18.9 Å². The molecule has 0 unspecified atom stereocenters. The average molecular weight is 437 g/mol. The summed E-state index contributed by atoms with van der Waals surface area (Å²) in [6.45, 7) is 3.21. The van der Waals surface area contributed by atoms with Crippen molar-refractivity contribution in [2.24, 2.45) is 0 Å². The molecule has 0 bridgehead atoms. The first-order valence-electron chi connectivity index (χ1n) is 7.17. The Labute approximate surface area is 145 Å². The van der Waals surface area contributed by atoms with Gasteiger partial charge in [0.1, 0.15) is 5.52 Å². The molecule has 1 saturated heterocycles. The van der Waals surface area contributed by atoms with Crippen LogP contribution in [0.1, 0.15) is 12.6 Å². The number of pyridine rings is 2. The quantitative estimate of drug-likeness (QED) is 0.531. The minimum absolute atomic E-state index is 0.0116. The summed E-state index contributed by atoms with van der Waals surface area (Å²) in [6.07, 6.45) is -1.80. The number of morpholine rings is 1. The fourth-order valence-electron chi connectivity index (χ4n) is 2.84. The Hall–Kier alpha value is -1.16. The Kier molecular flexibility index (Phi) is 4.63. The van der Waals surface area contributed by atoms with Crippen molar-refractivity contribution in [1.82, 2.24) is 9.97 Å².